The Morgan fingerprint density at radius 2 is 1.46 bits per heavy atom. The number of nitrogens with zero attached hydrogens (tertiary/aromatic N) is 2. The third kappa shape index (κ3) is 15.3. The number of amides is 8. The van der Waals surface area contributed by atoms with E-state index in [1.807, 2.05) is 0 Å². The molecular weight excluding hydrogens is 940 g/mol. The van der Waals surface area contributed by atoms with Gasteiger partial charge < -0.3 is 56.7 Å². The molecule has 386 valence electrons. The van der Waals surface area contributed by atoms with E-state index in [0.717, 1.165) is 9.80 Å². The van der Waals surface area contributed by atoms with Gasteiger partial charge in [0, 0.05) is 31.8 Å². The van der Waals surface area contributed by atoms with Crippen LogP contribution in [0.1, 0.15) is 85.8 Å². The van der Waals surface area contributed by atoms with Crippen molar-refractivity contribution in [2.45, 2.75) is 142 Å². The molecule has 4 rings (SSSR count). The molecule has 20 nitrogen and oxygen atoms in total. The summed E-state index contributed by atoms with van der Waals surface area (Å²) < 4.78 is 5.86. The number of nitrogens with one attached hydrogen (secondary N) is 6. The van der Waals surface area contributed by atoms with Gasteiger partial charge in [0.15, 0.2) is 0 Å². The molecule has 0 aliphatic carbocycles. The molecule has 2 fully saturated rings. The molecule has 2 aliphatic heterocycles. The molecule has 9 atom stereocenters. The largest absolute Gasteiger partial charge is 0.508 e. The molecule has 2 aromatic rings. The van der Waals surface area contributed by atoms with Gasteiger partial charge in [-0.25, -0.2) is 4.79 Å². The van der Waals surface area contributed by atoms with Crippen molar-refractivity contribution in [3.05, 3.63) is 88.6 Å². The van der Waals surface area contributed by atoms with Crippen LogP contribution in [-0.4, -0.2) is 135 Å². The molecule has 2 saturated heterocycles. The van der Waals surface area contributed by atoms with Crippen molar-refractivity contribution in [3.8, 4) is 5.75 Å². The summed E-state index contributed by atoms with van der Waals surface area (Å²) in [5.41, 5.74) is 2.50. The summed E-state index contributed by atoms with van der Waals surface area (Å²) in [6.45, 7) is 12.2. The first-order chi connectivity index (χ1) is 33.5. The third-order valence-corrected chi connectivity index (χ3v) is 12.6. The minimum Gasteiger partial charge on any atom is -0.508 e. The topological polar surface area (TPSA) is 282 Å². The summed E-state index contributed by atoms with van der Waals surface area (Å²) in [5.74, 6) is -8.94. The minimum atomic E-state index is -1.77. The monoisotopic (exact) mass is 1010 g/mol. The summed E-state index contributed by atoms with van der Waals surface area (Å²) in [5, 5.41) is 37.0. The van der Waals surface area contributed by atoms with E-state index in [4.69, 9.17) is 16.3 Å². The summed E-state index contributed by atoms with van der Waals surface area (Å²) in [6.07, 6.45) is -2.31. The van der Waals surface area contributed by atoms with Crippen LogP contribution in [0.15, 0.2) is 77.5 Å². The van der Waals surface area contributed by atoms with Crippen molar-refractivity contribution in [3.63, 3.8) is 0 Å². The van der Waals surface area contributed by atoms with E-state index in [0.29, 0.717) is 16.7 Å². The maximum absolute atomic E-state index is 15.0. The van der Waals surface area contributed by atoms with Crippen LogP contribution in [0.3, 0.4) is 0 Å². The first-order valence-corrected chi connectivity index (χ1v) is 23.9. The van der Waals surface area contributed by atoms with Crippen molar-refractivity contribution in [1.82, 2.24) is 41.7 Å². The zero-order chi connectivity index (χ0) is 52.9. The van der Waals surface area contributed by atoms with Gasteiger partial charge in [-0.1, -0.05) is 93.4 Å². The molecule has 2 aliphatic rings. The predicted molar refractivity (Wildman–Crippen MR) is 261 cm³/mol. The maximum atomic E-state index is 15.0. The number of benzene rings is 2. The highest BCUT2D eigenvalue weighted by atomic mass is 35.5. The number of esters is 1. The highest BCUT2D eigenvalue weighted by molar-refractivity contribution is 6.25. The van der Waals surface area contributed by atoms with Gasteiger partial charge in [0.1, 0.15) is 66.1 Å². The number of phenolic OH excluding ortho intramolecular Hbond substituents is 1. The number of ether oxygens (including phenoxy) is 1. The van der Waals surface area contributed by atoms with E-state index in [-0.39, 0.29) is 43.6 Å². The summed E-state index contributed by atoms with van der Waals surface area (Å²) in [4.78, 5) is 129. The van der Waals surface area contributed by atoms with Crippen LogP contribution < -0.4 is 31.9 Å². The molecule has 21 heteroatoms. The lowest BCUT2D eigenvalue weighted by Crippen LogP contribution is -2.64. The number of aliphatic hydroxyl groups is 1. The van der Waals surface area contributed by atoms with E-state index < -0.39 is 120 Å². The van der Waals surface area contributed by atoms with Crippen molar-refractivity contribution in [2.75, 3.05) is 7.05 Å². The lowest BCUT2D eigenvalue weighted by molar-refractivity contribution is -0.165. The summed E-state index contributed by atoms with van der Waals surface area (Å²) in [6, 6.07) is 4.82. The Morgan fingerprint density at radius 3 is 2.06 bits per heavy atom. The number of carbonyl (C=O) groups excluding carboxylic acids is 9. The Hall–Kier alpha value is -6.80. The Bertz CT molecular complexity index is 2340. The number of aromatic hydroxyl groups is 1. The zero-order valence-electron chi connectivity index (χ0n) is 41.5. The fraction of sp³-hybridized carbons (Fsp3) is 0.500. The number of phenols is 1. The number of fused-ring (bicyclic) bond motifs is 2. The number of likely N-dealkylation sites (N-methyl/N-ethyl adjacent to an activating group) is 1. The van der Waals surface area contributed by atoms with E-state index in [1.165, 1.54) is 51.6 Å². The van der Waals surface area contributed by atoms with Crippen molar-refractivity contribution < 1.29 is 58.1 Å². The normalized spacial score (nSPS) is 24.7. The number of piperidine rings is 1. The zero-order valence-corrected chi connectivity index (χ0v) is 42.2. The van der Waals surface area contributed by atoms with E-state index in [1.54, 1.807) is 77.1 Å². The average Bonchev–Trinajstić information content (AvgIpc) is 3.32. The fourth-order valence-electron chi connectivity index (χ4n) is 8.07. The molecule has 8 N–H and O–H groups in total. The van der Waals surface area contributed by atoms with Crippen LogP contribution in [0.4, 0.5) is 0 Å². The van der Waals surface area contributed by atoms with Crippen LogP contribution in [0, 0.1) is 11.8 Å². The van der Waals surface area contributed by atoms with Crippen molar-refractivity contribution in [1.29, 1.82) is 0 Å². The predicted octanol–water partition coefficient (Wildman–Crippen LogP) is 1.57. The van der Waals surface area contributed by atoms with Crippen LogP contribution in [0.2, 0.25) is 0 Å². The van der Waals surface area contributed by atoms with Gasteiger partial charge in [-0.2, -0.15) is 0 Å². The molecule has 2 bridgehead atoms. The molecule has 0 saturated carbocycles. The van der Waals surface area contributed by atoms with Gasteiger partial charge in [0.2, 0.25) is 35.4 Å². The molecule has 0 unspecified atom stereocenters. The second kappa shape index (κ2) is 25.9. The average molecular weight is 1010 g/mol. The standard InChI is InChI=1S/C50H67ClN8O12/c1-10-34-44(64)54-35-20-21-39(62)59(48(35)68)37(24-31-14-12-11-13-15-31)49(69)58(9)36(23-32-16-18-33(60)19-17-32)45(65)56-41(27(4)5)50(70)71-30(8)42(47(67)53-34)57-46(66)40(26(2)3)55-43(63)29(7)52-38(61)22-28(6)25-51/h10-19,25-27,29-30,35-37,39-42,60,62H,20-24H2,1-9H3,(H,52,61)(H,53,67)(H,54,64)(H,55,63)(H,56,65)(H,57,66)/b28-25+,34-10-/t29-,30+,35-,36-,37-,39+,40-,41-,42-/m0/s1. The second-order valence-corrected chi connectivity index (χ2v) is 18.8. The number of allylic oxidation sites excluding steroid dienone is 1. The highest BCUT2D eigenvalue weighted by Crippen LogP contribution is 2.26. The number of hydrogen-bond acceptors (Lipinski definition) is 12. The lowest BCUT2D eigenvalue weighted by Gasteiger charge is -2.43. The molecular formula is C50H67ClN8O12. The summed E-state index contributed by atoms with van der Waals surface area (Å²) >= 11 is 5.68. The molecule has 2 heterocycles. The fourth-order valence-corrected chi connectivity index (χ4v) is 8.15. The lowest BCUT2D eigenvalue weighted by atomic mass is 9.95. The van der Waals surface area contributed by atoms with E-state index in [2.05, 4.69) is 31.9 Å². The quantitative estimate of drug-likeness (QED) is 0.105. The highest BCUT2D eigenvalue weighted by Gasteiger charge is 2.45. The molecule has 71 heavy (non-hydrogen) atoms. The minimum absolute atomic E-state index is 0.0570. The van der Waals surface area contributed by atoms with Gasteiger partial charge in [-0.15, -0.1) is 0 Å². The summed E-state index contributed by atoms with van der Waals surface area (Å²) in [7, 11) is 1.35. The van der Waals surface area contributed by atoms with Crippen LogP contribution in [0.5, 0.6) is 5.75 Å². The number of carbonyl (C=O) groups is 9. The number of hydrogen-bond donors (Lipinski definition) is 8. The van der Waals surface area contributed by atoms with Crippen LogP contribution in [0.25, 0.3) is 0 Å². The Morgan fingerprint density at radius 1 is 0.845 bits per heavy atom. The van der Waals surface area contributed by atoms with Crippen molar-refractivity contribution >= 4 is 64.8 Å². The maximum Gasteiger partial charge on any atom is 0.329 e. The van der Waals surface area contributed by atoms with Crippen LogP contribution >= 0.6 is 11.6 Å². The SMILES string of the molecule is C/C=C1\NC(=O)[C@@H](NC(=O)[C@@H](NC(=O)[C@H](C)NC(=O)C/C(C)=C/Cl)C(C)C)[C@@H](C)OC(=O)[C@H](C(C)C)NC(=O)[C@H](Cc2ccc(O)cc2)N(C)C(=O)[C@H](Cc2ccccc2)N2C(=O)[C@H](CC[C@H]2O)NC1=O. The van der Waals surface area contributed by atoms with E-state index >= 15 is 0 Å². The van der Waals surface area contributed by atoms with E-state index in [9.17, 15) is 53.4 Å². The van der Waals surface area contributed by atoms with Gasteiger partial charge >= 0.3 is 5.97 Å². The first-order valence-electron chi connectivity index (χ1n) is 23.5. The van der Waals surface area contributed by atoms with Gasteiger partial charge in [-0.05, 0) is 75.6 Å². The molecule has 0 aromatic heterocycles. The van der Waals surface area contributed by atoms with Crippen LogP contribution in [-0.2, 0) is 60.7 Å². The van der Waals surface area contributed by atoms with Gasteiger partial charge in [0.05, 0.1) is 0 Å². The smallest absolute Gasteiger partial charge is 0.329 e. The Kier molecular flexibility index (Phi) is 20.7. The van der Waals surface area contributed by atoms with Gasteiger partial charge in [0.25, 0.3) is 11.8 Å². The number of rotatable bonds is 13. The molecule has 0 radical (unpaired) electrons. The number of aliphatic hydroxyl groups excluding tert-OH is 1. The number of cyclic esters (lactones) is 1. The number of halogens is 1. The van der Waals surface area contributed by atoms with Gasteiger partial charge in [-0.3, -0.25) is 38.4 Å². The Balaban J connectivity index is 1.80. The molecule has 2 aromatic carbocycles. The second-order valence-electron chi connectivity index (χ2n) is 18.6. The molecule has 8 amide bonds. The first kappa shape index (κ1) is 56.8. The Labute approximate surface area is 418 Å². The van der Waals surface area contributed by atoms with Crippen molar-refractivity contribution in [2.24, 2.45) is 11.8 Å². The third-order valence-electron chi connectivity index (χ3n) is 12.3. The molecule has 0 spiro atoms.